The third kappa shape index (κ3) is 5.00. The molecule has 156 valence electrons. The van der Waals surface area contributed by atoms with Crippen molar-refractivity contribution < 1.29 is 9.18 Å². The standard InChI is InChI=1S/C24H21FN4OS/c1-17(18-11-13-20(14-12-18)19-7-3-2-4-8-19)27-23(30)15-31-24-28-26-16-29(24)22-10-6-5-9-21(22)25/h2-14,16-17H,15H2,1H3,(H,27,30)/t17-/m0/s1. The van der Waals surface area contributed by atoms with E-state index in [9.17, 15) is 9.18 Å². The Bertz CT molecular complexity index is 1160. The van der Waals surface area contributed by atoms with Crippen LogP contribution in [-0.4, -0.2) is 26.4 Å². The molecule has 7 heteroatoms. The van der Waals surface area contributed by atoms with Crippen LogP contribution in [0.4, 0.5) is 4.39 Å². The smallest absolute Gasteiger partial charge is 0.230 e. The van der Waals surface area contributed by atoms with Crippen LogP contribution in [0.15, 0.2) is 90.3 Å². The lowest BCUT2D eigenvalue weighted by atomic mass is 10.0. The fourth-order valence-electron chi connectivity index (χ4n) is 3.23. The zero-order chi connectivity index (χ0) is 21.6. The Morgan fingerprint density at radius 2 is 1.68 bits per heavy atom. The summed E-state index contributed by atoms with van der Waals surface area (Å²) in [4.78, 5) is 12.5. The summed E-state index contributed by atoms with van der Waals surface area (Å²) in [7, 11) is 0. The first kappa shape index (κ1) is 20.8. The van der Waals surface area contributed by atoms with Crippen molar-refractivity contribution in [3.63, 3.8) is 0 Å². The molecule has 0 radical (unpaired) electrons. The summed E-state index contributed by atoms with van der Waals surface area (Å²) in [5, 5.41) is 11.3. The predicted molar refractivity (Wildman–Crippen MR) is 120 cm³/mol. The number of nitrogens with one attached hydrogen (secondary N) is 1. The SMILES string of the molecule is C[C@H](NC(=O)CSc1nncn1-c1ccccc1F)c1ccc(-c2ccccc2)cc1. The zero-order valence-corrected chi connectivity index (χ0v) is 17.7. The quantitative estimate of drug-likeness (QED) is 0.416. The topological polar surface area (TPSA) is 59.8 Å². The fraction of sp³-hybridized carbons (Fsp3) is 0.125. The molecule has 1 atom stereocenters. The first-order valence-corrected chi connectivity index (χ1v) is 10.8. The summed E-state index contributed by atoms with van der Waals surface area (Å²) in [5.41, 5.74) is 3.65. The van der Waals surface area contributed by atoms with Crippen molar-refractivity contribution in [3.8, 4) is 16.8 Å². The predicted octanol–water partition coefficient (Wildman–Crippen LogP) is 5.04. The van der Waals surface area contributed by atoms with E-state index < -0.39 is 0 Å². The normalized spacial score (nSPS) is 11.8. The zero-order valence-electron chi connectivity index (χ0n) is 16.9. The average Bonchev–Trinajstić information content (AvgIpc) is 3.27. The van der Waals surface area contributed by atoms with Crippen molar-refractivity contribution in [2.24, 2.45) is 0 Å². The van der Waals surface area contributed by atoms with Crippen LogP contribution in [0, 0.1) is 5.82 Å². The Balaban J connectivity index is 1.36. The van der Waals surface area contributed by atoms with Gasteiger partial charge in [-0.2, -0.15) is 0 Å². The fourth-order valence-corrected chi connectivity index (χ4v) is 3.96. The Morgan fingerprint density at radius 3 is 2.42 bits per heavy atom. The highest BCUT2D eigenvalue weighted by atomic mass is 32.2. The second-order valence-corrected chi connectivity index (χ2v) is 7.94. The Labute approximate surface area is 184 Å². The highest BCUT2D eigenvalue weighted by Gasteiger charge is 2.14. The van der Waals surface area contributed by atoms with E-state index in [1.54, 1.807) is 22.8 Å². The molecule has 31 heavy (non-hydrogen) atoms. The van der Waals surface area contributed by atoms with E-state index in [0.29, 0.717) is 10.8 Å². The maximum atomic E-state index is 14.1. The number of para-hydroxylation sites is 1. The van der Waals surface area contributed by atoms with E-state index in [2.05, 4.69) is 39.8 Å². The van der Waals surface area contributed by atoms with E-state index in [1.165, 1.54) is 24.2 Å². The van der Waals surface area contributed by atoms with E-state index >= 15 is 0 Å². The summed E-state index contributed by atoms with van der Waals surface area (Å²) in [5.74, 6) is -0.353. The van der Waals surface area contributed by atoms with Gasteiger partial charge >= 0.3 is 0 Å². The molecule has 1 N–H and O–H groups in total. The molecule has 0 saturated carbocycles. The molecule has 0 aliphatic carbocycles. The van der Waals surface area contributed by atoms with Crippen LogP contribution in [0.1, 0.15) is 18.5 Å². The van der Waals surface area contributed by atoms with Gasteiger partial charge in [-0.1, -0.05) is 78.5 Å². The summed E-state index contributed by atoms with van der Waals surface area (Å²) in [6, 6.07) is 24.5. The first-order chi connectivity index (χ1) is 15.1. The summed E-state index contributed by atoms with van der Waals surface area (Å²) >= 11 is 1.21. The van der Waals surface area contributed by atoms with Crippen LogP contribution in [0.5, 0.6) is 0 Å². The molecular formula is C24H21FN4OS. The van der Waals surface area contributed by atoms with E-state index in [4.69, 9.17) is 0 Å². The van der Waals surface area contributed by atoms with Gasteiger partial charge in [0, 0.05) is 0 Å². The van der Waals surface area contributed by atoms with Gasteiger partial charge in [0.1, 0.15) is 12.1 Å². The summed E-state index contributed by atoms with van der Waals surface area (Å²) in [6.45, 7) is 1.95. The van der Waals surface area contributed by atoms with Crippen molar-refractivity contribution >= 4 is 17.7 Å². The minimum absolute atomic E-state index is 0.132. The number of nitrogens with zero attached hydrogens (tertiary/aromatic N) is 3. The van der Waals surface area contributed by atoms with Crippen molar-refractivity contribution in [1.29, 1.82) is 0 Å². The molecule has 0 bridgehead atoms. The van der Waals surface area contributed by atoms with E-state index in [1.807, 2.05) is 37.3 Å². The maximum absolute atomic E-state index is 14.1. The molecule has 1 amide bonds. The van der Waals surface area contributed by atoms with Crippen LogP contribution in [0.3, 0.4) is 0 Å². The number of hydrogen-bond donors (Lipinski definition) is 1. The molecule has 0 spiro atoms. The van der Waals surface area contributed by atoms with Gasteiger partial charge < -0.3 is 5.32 Å². The minimum Gasteiger partial charge on any atom is -0.349 e. The third-order valence-corrected chi connectivity index (χ3v) is 5.80. The molecule has 0 saturated heterocycles. The van der Waals surface area contributed by atoms with Crippen LogP contribution in [-0.2, 0) is 4.79 Å². The number of carbonyl (C=O) groups excluding carboxylic acids is 1. The van der Waals surface area contributed by atoms with E-state index in [-0.39, 0.29) is 23.5 Å². The average molecular weight is 433 g/mol. The molecule has 5 nitrogen and oxygen atoms in total. The lowest BCUT2D eigenvalue weighted by Crippen LogP contribution is -2.28. The van der Waals surface area contributed by atoms with Gasteiger partial charge in [0.2, 0.25) is 5.91 Å². The number of thioether (sulfide) groups is 1. The number of benzene rings is 3. The Hall–Kier alpha value is -3.45. The van der Waals surface area contributed by atoms with Gasteiger partial charge in [0.05, 0.1) is 17.5 Å². The molecule has 0 fully saturated rings. The molecule has 4 aromatic rings. The highest BCUT2D eigenvalue weighted by Crippen LogP contribution is 2.23. The van der Waals surface area contributed by atoms with E-state index in [0.717, 1.165) is 16.7 Å². The maximum Gasteiger partial charge on any atom is 0.230 e. The number of rotatable bonds is 7. The largest absolute Gasteiger partial charge is 0.349 e. The number of hydrogen-bond acceptors (Lipinski definition) is 4. The Kier molecular flexibility index (Phi) is 6.43. The number of carbonyl (C=O) groups is 1. The third-order valence-electron chi connectivity index (χ3n) is 4.86. The van der Waals surface area contributed by atoms with Crippen molar-refractivity contribution in [1.82, 2.24) is 20.1 Å². The van der Waals surface area contributed by atoms with Gasteiger partial charge in [-0.3, -0.25) is 9.36 Å². The monoisotopic (exact) mass is 432 g/mol. The number of amides is 1. The van der Waals surface area contributed by atoms with Gasteiger partial charge in [-0.25, -0.2) is 4.39 Å². The molecule has 0 aliphatic rings. The van der Waals surface area contributed by atoms with Crippen LogP contribution in [0.2, 0.25) is 0 Å². The lowest BCUT2D eigenvalue weighted by molar-refractivity contribution is -0.119. The number of aromatic nitrogens is 3. The van der Waals surface area contributed by atoms with Gasteiger partial charge in [0.15, 0.2) is 5.16 Å². The van der Waals surface area contributed by atoms with Crippen LogP contribution >= 0.6 is 11.8 Å². The van der Waals surface area contributed by atoms with Gasteiger partial charge in [-0.05, 0) is 35.7 Å². The van der Waals surface area contributed by atoms with Crippen molar-refractivity contribution in [3.05, 3.63) is 96.6 Å². The molecule has 3 aromatic carbocycles. The highest BCUT2D eigenvalue weighted by molar-refractivity contribution is 7.99. The number of halogens is 1. The second kappa shape index (κ2) is 9.57. The molecule has 0 aliphatic heterocycles. The summed E-state index contributed by atoms with van der Waals surface area (Å²) < 4.78 is 15.6. The van der Waals surface area contributed by atoms with Gasteiger partial charge in [0.25, 0.3) is 0 Å². The van der Waals surface area contributed by atoms with Gasteiger partial charge in [-0.15, -0.1) is 10.2 Å². The molecule has 4 rings (SSSR count). The van der Waals surface area contributed by atoms with Crippen molar-refractivity contribution in [2.45, 2.75) is 18.1 Å². The lowest BCUT2D eigenvalue weighted by Gasteiger charge is -2.15. The van der Waals surface area contributed by atoms with Crippen LogP contribution in [0.25, 0.3) is 16.8 Å². The Morgan fingerprint density at radius 1 is 1.00 bits per heavy atom. The first-order valence-electron chi connectivity index (χ1n) is 9.84. The van der Waals surface area contributed by atoms with Crippen molar-refractivity contribution in [2.75, 3.05) is 5.75 Å². The molecule has 1 aromatic heterocycles. The van der Waals surface area contributed by atoms with Crippen LogP contribution < -0.4 is 5.32 Å². The minimum atomic E-state index is -0.374. The second-order valence-electron chi connectivity index (χ2n) is 7.00. The summed E-state index contributed by atoms with van der Waals surface area (Å²) in [6.07, 6.45) is 1.44. The molecule has 1 heterocycles. The molecule has 0 unspecified atom stereocenters. The molecular weight excluding hydrogens is 411 g/mol.